The van der Waals surface area contributed by atoms with E-state index in [2.05, 4.69) is 193 Å². The van der Waals surface area contributed by atoms with Gasteiger partial charge in [0, 0.05) is 0 Å². The topological polar surface area (TPSA) is 52.6 Å². The molecule has 2 unspecified atom stereocenters. The van der Waals surface area contributed by atoms with Gasteiger partial charge in [-0.1, -0.05) is 0 Å². The molecule has 0 aliphatic heterocycles. The first-order valence-corrected chi connectivity index (χ1v) is 43.8. The molecular weight excluding hydrogens is 1400 g/mol. The molecule has 0 amide bonds. The molecule has 0 bridgehead atoms. The minimum atomic E-state index is -6.77. The standard InChI is InChI=1S/2C22H22GeO2.3C6H4Br.Bi/c2*1-18(22(24)25)17-23(19-11-5-2-6-12-19,20-13-7-3-8-14-20)21-15-9-4-10-16-21;3*7-6-4-2-1-3-5-6;/h2*2-16,18H,17H2,1H3,(H,24,25);3*2-5H;/q;;;;;+2/p-2. The average molecular weight is 1460 g/mol. The molecule has 0 heterocycles. The van der Waals surface area contributed by atoms with Gasteiger partial charge in [0.05, 0.1) is 0 Å². The van der Waals surface area contributed by atoms with E-state index in [4.69, 9.17) is 5.63 Å². The molecule has 0 saturated carbocycles. The maximum absolute atomic E-state index is 16.2. The zero-order valence-electron chi connectivity index (χ0n) is 40.0. The first-order chi connectivity index (χ1) is 35.0. The molecule has 9 aromatic carbocycles. The van der Waals surface area contributed by atoms with E-state index < -0.39 is 70.0 Å². The van der Waals surface area contributed by atoms with Crippen LogP contribution in [0.1, 0.15) is 13.8 Å². The van der Waals surface area contributed by atoms with Crippen LogP contribution < -0.4 is 36.2 Å². The summed E-state index contributed by atoms with van der Waals surface area (Å²) in [5.74, 6) is -2.12. The van der Waals surface area contributed by atoms with Gasteiger partial charge in [0.25, 0.3) is 0 Å². The van der Waals surface area contributed by atoms with Gasteiger partial charge in [-0.25, -0.2) is 0 Å². The van der Waals surface area contributed by atoms with Crippen molar-refractivity contribution >= 4 is 142 Å². The van der Waals surface area contributed by atoms with Gasteiger partial charge in [-0.3, -0.25) is 0 Å². The van der Waals surface area contributed by atoms with E-state index in [0.29, 0.717) is 20.3 Å². The molecular formula is C62H54BiBr3Ge2O4. The van der Waals surface area contributed by atoms with E-state index in [1.807, 2.05) is 123 Å². The first-order valence-electron chi connectivity index (χ1n) is 24.1. The Morgan fingerprint density at radius 1 is 0.347 bits per heavy atom. The summed E-state index contributed by atoms with van der Waals surface area (Å²) < 4.78 is 27.4. The monoisotopic (exact) mass is 1460 g/mol. The van der Waals surface area contributed by atoms with Crippen LogP contribution in [0.4, 0.5) is 0 Å². The summed E-state index contributed by atoms with van der Waals surface area (Å²) in [4.78, 5) is 32.5. The predicted molar refractivity (Wildman–Crippen MR) is 315 cm³/mol. The van der Waals surface area contributed by atoms with Gasteiger partial charge in [0.15, 0.2) is 0 Å². The number of rotatable bonds is 17. The van der Waals surface area contributed by atoms with Crippen LogP contribution in [0.3, 0.4) is 0 Å². The number of carbonyl (C=O) groups excluding carboxylic acids is 2. The Morgan fingerprint density at radius 3 is 0.736 bits per heavy atom. The Morgan fingerprint density at radius 2 is 0.542 bits per heavy atom. The number of carbonyl (C=O) groups is 2. The first kappa shape index (κ1) is 52.2. The second-order valence-corrected chi connectivity index (χ2v) is 52.6. The second kappa shape index (κ2) is 22.8. The summed E-state index contributed by atoms with van der Waals surface area (Å²) in [5.41, 5.74) is 0. The minimum absolute atomic E-state index is 0.417. The fraction of sp³-hybridized carbons (Fsp3) is 0.0968. The van der Waals surface area contributed by atoms with Gasteiger partial charge >= 0.3 is 462 Å². The quantitative estimate of drug-likeness (QED) is 0.0853. The number of hydrogen-bond acceptors (Lipinski definition) is 4. The van der Waals surface area contributed by atoms with Crippen LogP contribution in [-0.4, -0.2) is 58.1 Å². The SMILES string of the molecule is CC([CH2][Ge]([c]1ccccc1)([c]1ccccc1)[c]1ccccc1)C(=O)[O][Bi]([O]C(=O)C(C)[CH2][Ge]([c]1ccccc1)([c]1ccccc1)[c]1ccccc1)([c]1ccc(Br)cc1)([c]1ccc(Br)cc1)[c]1ccc(Br)cc1. The fourth-order valence-corrected chi connectivity index (χ4v) is 50.9. The van der Waals surface area contributed by atoms with Gasteiger partial charge in [0.1, 0.15) is 0 Å². The van der Waals surface area contributed by atoms with E-state index in [-0.39, 0.29) is 0 Å². The number of halogens is 3. The van der Waals surface area contributed by atoms with E-state index in [0.717, 1.165) is 13.4 Å². The Balaban J connectivity index is 1.26. The summed E-state index contributed by atoms with van der Waals surface area (Å²) in [6.45, 7) is 4.00. The Labute approximate surface area is 456 Å². The van der Waals surface area contributed by atoms with Crippen molar-refractivity contribution in [2.45, 2.75) is 24.4 Å². The summed E-state index contributed by atoms with van der Waals surface area (Å²) in [6, 6.07) is 87.8. The van der Waals surface area contributed by atoms with Crippen molar-refractivity contribution in [3.05, 3.63) is 268 Å². The maximum atomic E-state index is 16.2. The number of benzene rings is 9. The van der Waals surface area contributed by atoms with Crippen molar-refractivity contribution in [1.82, 2.24) is 0 Å². The van der Waals surface area contributed by atoms with E-state index >= 15 is 9.59 Å². The zero-order valence-corrected chi connectivity index (χ0v) is 52.5. The molecule has 4 nitrogen and oxygen atoms in total. The molecule has 10 heteroatoms. The van der Waals surface area contributed by atoms with E-state index in [1.54, 1.807) is 0 Å². The molecule has 0 radical (unpaired) electrons. The van der Waals surface area contributed by atoms with Crippen molar-refractivity contribution in [2.75, 3.05) is 0 Å². The van der Waals surface area contributed by atoms with Crippen LogP contribution in [0.5, 0.6) is 0 Å². The third kappa shape index (κ3) is 10.1. The second-order valence-electron chi connectivity index (χ2n) is 18.4. The van der Waals surface area contributed by atoms with Crippen LogP contribution in [0.15, 0.2) is 268 Å². The molecule has 0 aromatic heterocycles. The van der Waals surface area contributed by atoms with Crippen molar-refractivity contribution in [1.29, 1.82) is 0 Å². The Kier molecular flexibility index (Phi) is 16.6. The van der Waals surface area contributed by atoms with E-state index in [1.165, 1.54) is 26.4 Å². The Bertz CT molecular complexity index is 2770. The molecule has 360 valence electrons. The van der Waals surface area contributed by atoms with Crippen LogP contribution in [0, 0.1) is 11.8 Å². The molecule has 0 saturated heterocycles. The van der Waals surface area contributed by atoms with Gasteiger partial charge in [0.2, 0.25) is 0 Å². The number of hydrogen-bond donors (Lipinski definition) is 0. The Hall–Kier alpha value is -4.67. The van der Waals surface area contributed by atoms with Crippen LogP contribution in [-0.2, 0) is 15.2 Å². The predicted octanol–water partition coefficient (Wildman–Crippen LogP) is 10.1. The molecule has 0 aliphatic carbocycles. The van der Waals surface area contributed by atoms with Gasteiger partial charge in [-0.2, -0.15) is 0 Å². The van der Waals surface area contributed by atoms with Gasteiger partial charge < -0.3 is 0 Å². The van der Waals surface area contributed by atoms with Crippen molar-refractivity contribution < 1.29 is 15.2 Å². The van der Waals surface area contributed by atoms with Crippen molar-refractivity contribution in [2.24, 2.45) is 11.8 Å². The molecule has 9 aromatic rings. The summed E-state index contributed by atoms with van der Waals surface area (Å²) in [5, 5.41) is 1.07. The van der Waals surface area contributed by atoms with Crippen LogP contribution in [0.25, 0.3) is 0 Å². The third-order valence-electron chi connectivity index (χ3n) is 14.0. The van der Waals surface area contributed by atoms with Crippen LogP contribution >= 0.6 is 47.8 Å². The molecule has 0 aliphatic rings. The summed E-state index contributed by atoms with van der Waals surface area (Å²) in [7, 11) is 0. The molecule has 0 N–H and O–H groups in total. The van der Waals surface area contributed by atoms with Gasteiger partial charge in [-0.15, -0.1) is 0 Å². The molecule has 0 spiro atoms. The third-order valence-corrected chi connectivity index (χ3v) is 55.9. The molecule has 0 fully saturated rings. The van der Waals surface area contributed by atoms with Gasteiger partial charge in [-0.05, 0) is 0 Å². The molecule has 2 atom stereocenters. The summed E-state index contributed by atoms with van der Waals surface area (Å²) in [6.07, 6.45) is 0. The normalized spacial score (nSPS) is 13.2. The molecule has 9 rings (SSSR count). The van der Waals surface area contributed by atoms with Crippen molar-refractivity contribution in [3.8, 4) is 0 Å². The average Bonchev–Trinajstić information content (AvgIpc) is 3.43. The summed E-state index contributed by atoms with van der Waals surface area (Å²) >= 11 is -3.12. The fourth-order valence-electron chi connectivity index (χ4n) is 10.6. The zero-order chi connectivity index (χ0) is 50.2. The molecule has 72 heavy (non-hydrogen) atoms. The van der Waals surface area contributed by atoms with Crippen LogP contribution in [0.2, 0.25) is 10.5 Å². The van der Waals surface area contributed by atoms with Crippen molar-refractivity contribution in [3.63, 3.8) is 0 Å². The van der Waals surface area contributed by atoms with E-state index in [9.17, 15) is 0 Å².